The van der Waals surface area contributed by atoms with Gasteiger partial charge in [0.2, 0.25) is 0 Å². The van der Waals surface area contributed by atoms with Crippen LogP contribution in [0.5, 0.6) is 0 Å². The molecule has 1 aliphatic rings. The van der Waals surface area contributed by atoms with E-state index in [-0.39, 0.29) is 11.7 Å². The van der Waals surface area contributed by atoms with Crippen LogP contribution in [0.4, 0.5) is 11.5 Å². The van der Waals surface area contributed by atoms with Gasteiger partial charge in [0, 0.05) is 61.7 Å². The summed E-state index contributed by atoms with van der Waals surface area (Å²) in [5.41, 5.74) is 3.35. The minimum absolute atomic E-state index is 0.0268. The van der Waals surface area contributed by atoms with Crippen LogP contribution in [0.2, 0.25) is 0 Å². The van der Waals surface area contributed by atoms with Crippen LogP contribution < -0.4 is 4.90 Å². The summed E-state index contributed by atoms with van der Waals surface area (Å²) in [6.45, 7) is 7.52. The summed E-state index contributed by atoms with van der Waals surface area (Å²) in [4.78, 5) is 24.7. The summed E-state index contributed by atoms with van der Waals surface area (Å²) in [7, 11) is 0. The first kappa shape index (κ1) is 21.4. The molecule has 0 unspecified atom stereocenters. The molecule has 0 aliphatic carbocycles. The summed E-state index contributed by atoms with van der Waals surface area (Å²) in [6.07, 6.45) is 0. The summed E-state index contributed by atoms with van der Waals surface area (Å²) in [6, 6.07) is 18.5. The third kappa shape index (κ3) is 4.74. The molecule has 0 spiro atoms. The van der Waals surface area contributed by atoms with Crippen molar-refractivity contribution in [2.24, 2.45) is 0 Å². The van der Waals surface area contributed by atoms with E-state index in [4.69, 9.17) is 10.2 Å². The average molecular weight is 428 g/mol. The predicted molar refractivity (Wildman–Crippen MR) is 122 cm³/mol. The Morgan fingerprint density at radius 3 is 2.62 bits per heavy atom. The Bertz CT molecular complexity index is 1170. The molecule has 4 rings (SSSR count). The second-order valence-electron chi connectivity index (χ2n) is 8.08. The lowest BCUT2D eigenvalue weighted by atomic mass is 10.1. The number of nitrogens with zero attached hydrogens (tertiary/aromatic N) is 6. The Labute approximate surface area is 186 Å². The standard InChI is InChI=1S/C24H24N6O2/c1-17-12-23(27-24(26-17)21-4-3-5-22(13-21)30(31)32)29-11-10-28(15-18(29)2)16-20-8-6-19(14-25)7-9-20/h3-9,12-13,18H,10-11,15-16H2,1-2H3/t18-/m1/s1. The van der Waals surface area contributed by atoms with Crippen molar-refractivity contribution in [3.8, 4) is 17.5 Å². The number of nitriles is 1. The molecule has 2 heterocycles. The van der Waals surface area contributed by atoms with Crippen molar-refractivity contribution in [2.75, 3.05) is 24.5 Å². The molecular formula is C24H24N6O2. The first-order chi connectivity index (χ1) is 15.4. The summed E-state index contributed by atoms with van der Waals surface area (Å²) in [5, 5.41) is 20.1. The lowest BCUT2D eigenvalue weighted by Crippen LogP contribution is -2.52. The highest BCUT2D eigenvalue weighted by atomic mass is 16.6. The highest BCUT2D eigenvalue weighted by Crippen LogP contribution is 2.26. The first-order valence-corrected chi connectivity index (χ1v) is 10.5. The van der Waals surface area contributed by atoms with Crippen LogP contribution in [0, 0.1) is 28.4 Å². The first-order valence-electron chi connectivity index (χ1n) is 10.5. The maximum absolute atomic E-state index is 11.1. The van der Waals surface area contributed by atoms with Crippen molar-refractivity contribution in [3.63, 3.8) is 0 Å². The third-order valence-corrected chi connectivity index (χ3v) is 5.65. The van der Waals surface area contributed by atoms with Crippen LogP contribution in [0.3, 0.4) is 0 Å². The SMILES string of the molecule is Cc1cc(N2CCN(Cc3ccc(C#N)cc3)C[C@H]2C)nc(-c2cccc([N+](=O)[O-])c2)n1. The Morgan fingerprint density at radius 1 is 1.16 bits per heavy atom. The van der Waals surface area contributed by atoms with Gasteiger partial charge in [-0.05, 0) is 31.5 Å². The Balaban J connectivity index is 1.50. The lowest BCUT2D eigenvalue weighted by molar-refractivity contribution is -0.384. The van der Waals surface area contributed by atoms with Crippen molar-refractivity contribution < 1.29 is 4.92 Å². The summed E-state index contributed by atoms with van der Waals surface area (Å²) >= 11 is 0. The van der Waals surface area contributed by atoms with E-state index in [0.29, 0.717) is 17.0 Å². The topological polar surface area (TPSA) is 99.2 Å². The number of anilines is 1. The van der Waals surface area contributed by atoms with Gasteiger partial charge >= 0.3 is 0 Å². The largest absolute Gasteiger partial charge is 0.351 e. The lowest BCUT2D eigenvalue weighted by Gasteiger charge is -2.40. The maximum atomic E-state index is 11.1. The number of nitro benzene ring substituents is 1. The van der Waals surface area contributed by atoms with Crippen LogP contribution >= 0.6 is 0 Å². The minimum Gasteiger partial charge on any atom is -0.351 e. The van der Waals surface area contributed by atoms with E-state index >= 15 is 0 Å². The quantitative estimate of drug-likeness (QED) is 0.448. The molecule has 8 heteroatoms. The molecule has 0 radical (unpaired) electrons. The molecule has 32 heavy (non-hydrogen) atoms. The molecule has 3 aromatic rings. The molecule has 1 saturated heterocycles. The highest BCUT2D eigenvalue weighted by Gasteiger charge is 2.25. The number of benzene rings is 2. The van der Waals surface area contributed by atoms with Crippen molar-refractivity contribution in [1.82, 2.24) is 14.9 Å². The Morgan fingerprint density at radius 2 is 1.94 bits per heavy atom. The van der Waals surface area contributed by atoms with Crippen LogP contribution in [-0.4, -0.2) is 45.5 Å². The second-order valence-corrected chi connectivity index (χ2v) is 8.08. The van der Waals surface area contributed by atoms with Gasteiger partial charge in [0.15, 0.2) is 5.82 Å². The molecule has 162 valence electrons. The Kier molecular flexibility index (Phi) is 6.10. The molecule has 0 N–H and O–H groups in total. The number of aryl methyl sites for hydroxylation is 1. The molecule has 1 aromatic heterocycles. The van der Waals surface area contributed by atoms with Gasteiger partial charge in [-0.15, -0.1) is 0 Å². The van der Waals surface area contributed by atoms with Crippen molar-refractivity contribution >= 4 is 11.5 Å². The van der Waals surface area contributed by atoms with Crippen LogP contribution in [0.25, 0.3) is 11.4 Å². The van der Waals surface area contributed by atoms with Gasteiger partial charge in [0.25, 0.3) is 5.69 Å². The molecular weight excluding hydrogens is 404 g/mol. The zero-order chi connectivity index (χ0) is 22.7. The van der Waals surface area contributed by atoms with Crippen molar-refractivity contribution in [2.45, 2.75) is 26.4 Å². The number of hydrogen-bond acceptors (Lipinski definition) is 7. The van der Waals surface area contributed by atoms with Gasteiger partial charge in [0.05, 0.1) is 16.6 Å². The van der Waals surface area contributed by atoms with Gasteiger partial charge in [-0.2, -0.15) is 5.26 Å². The second kappa shape index (κ2) is 9.12. The van der Waals surface area contributed by atoms with E-state index in [9.17, 15) is 10.1 Å². The third-order valence-electron chi connectivity index (χ3n) is 5.65. The summed E-state index contributed by atoms with van der Waals surface area (Å²) in [5.74, 6) is 1.33. The zero-order valence-electron chi connectivity index (χ0n) is 18.1. The number of aromatic nitrogens is 2. The fourth-order valence-electron chi connectivity index (χ4n) is 4.05. The van der Waals surface area contributed by atoms with Crippen LogP contribution in [0.15, 0.2) is 54.6 Å². The number of nitro groups is 1. The molecule has 0 bridgehead atoms. The van der Waals surface area contributed by atoms with Gasteiger partial charge in [0.1, 0.15) is 5.82 Å². The van der Waals surface area contributed by atoms with Gasteiger partial charge < -0.3 is 4.90 Å². The maximum Gasteiger partial charge on any atom is 0.270 e. The molecule has 8 nitrogen and oxygen atoms in total. The zero-order valence-corrected chi connectivity index (χ0v) is 18.1. The van der Waals surface area contributed by atoms with Gasteiger partial charge in [-0.25, -0.2) is 9.97 Å². The highest BCUT2D eigenvalue weighted by molar-refractivity contribution is 5.61. The van der Waals surface area contributed by atoms with Crippen LogP contribution in [0.1, 0.15) is 23.7 Å². The van der Waals surface area contributed by atoms with Crippen molar-refractivity contribution in [3.05, 3.63) is 81.5 Å². The monoisotopic (exact) mass is 428 g/mol. The number of rotatable bonds is 5. The molecule has 1 fully saturated rings. The minimum atomic E-state index is -0.407. The summed E-state index contributed by atoms with van der Waals surface area (Å²) < 4.78 is 0. The van der Waals surface area contributed by atoms with Gasteiger partial charge in [-0.3, -0.25) is 15.0 Å². The van der Waals surface area contributed by atoms with Gasteiger partial charge in [-0.1, -0.05) is 24.3 Å². The molecule has 1 atom stereocenters. The molecule has 2 aromatic carbocycles. The smallest absolute Gasteiger partial charge is 0.270 e. The van der Waals surface area contributed by atoms with E-state index in [0.717, 1.165) is 37.7 Å². The Hall–Kier alpha value is -3.83. The average Bonchev–Trinajstić information content (AvgIpc) is 2.79. The van der Waals surface area contributed by atoms with E-state index in [1.165, 1.54) is 17.7 Å². The normalized spacial score (nSPS) is 16.5. The molecule has 0 saturated carbocycles. The number of non-ortho nitro benzene ring substituents is 1. The number of piperazine rings is 1. The fourth-order valence-corrected chi connectivity index (χ4v) is 4.05. The molecule has 1 aliphatic heterocycles. The van der Waals surface area contributed by atoms with Crippen molar-refractivity contribution in [1.29, 1.82) is 5.26 Å². The van der Waals surface area contributed by atoms with E-state index in [2.05, 4.69) is 27.8 Å². The van der Waals surface area contributed by atoms with E-state index in [1.54, 1.807) is 12.1 Å². The van der Waals surface area contributed by atoms with E-state index in [1.807, 2.05) is 37.3 Å². The molecule has 0 amide bonds. The predicted octanol–water partition coefficient (Wildman–Crippen LogP) is 3.94. The fraction of sp³-hybridized carbons (Fsp3) is 0.292. The van der Waals surface area contributed by atoms with E-state index < -0.39 is 4.92 Å². The van der Waals surface area contributed by atoms with Crippen LogP contribution in [-0.2, 0) is 6.54 Å². The number of hydrogen-bond donors (Lipinski definition) is 0.